The number of alkyl halides is 1. The van der Waals surface area contributed by atoms with Gasteiger partial charge in [0.2, 0.25) is 5.91 Å². The van der Waals surface area contributed by atoms with Crippen molar-refractivity contribution in [3.05, 3.63) is 34.9 Å². The lowest BCUT2D eigenvalue weighted by molar-refractivity contribution is -0.113. The summed E-state index contributed by atoms with van der Waals surface area (Å²) >= 11 is 5.38. The van der Waals surface area contributed by atoms with Gasteiger partial charge in [-0.3, -0.25) is 9.59 Å². The normalized spacial score (nSPS) is 10.3. The van der Waals surface area contributed by atoms with Crippen LogP contribution in [0.3, 0.4) is 0 Å². The van der Waals surface area contributed by atoms with Gasteiger partial charge in [0.1, 0.15) is 11.4 Å². The average molecular weight is 238 g/mol. The Hall–Kier alpha value is -1.88. The van der Waals surface area contributed by atoms with Crippen molar-refractivity contribution < 1.29 is 4.79 Å². The molecule has 0 spiro atoms. The molecule has 0 aliphatic carbocycles. The number of carbonyl (C=O) groups is 1. The summed E-state index contributed by atoms with van der Waals surface area (Å²) in [7, 11) is 0. The van der Waals surface area contributed by atoms with Crippen LogP contribution in [0.2, 0.25) is 0 Å². The van der Waals surface area contributed by atoms with E-state index in [1.54, 1.807) is 18.2 Å². The lowest BCUT2D eigenvalue weighted by atomic mass is 10.2. The Morgan fingerprint density at radius 1 is 1.50 bits per heavy atom. The number of aromatic amines is 1. The SMILES string of the molecule is O=C(CCl)Nc1cccc2c(=O)[nH]cnc12. The van der Waals surface area contributed by atoms with Crippen LogP contribution in [0.4, 0.5) is 5.69 Å². The average Bonchev–Trinajstić information content (AvgIpc) is 2.30. The van der Waals surface area contributed by atoms with Gasteiger partial charge in [-0.2, -0.15) is 0 Å². The lowest BCUT2D eigenvalue weighted by Gasteiger charge is -2.05. The number of nitrogens with zero attached hydrogens (tertiary/aromatic N) is 1. The molecule has 0 radical (unpaired) electrons. The second kappa shape index (κ2) is 4.32. The molecule has 0 unspecified atom stereocenters. The Bertz CT molecular complexity index is 594. The van der Waals surface area contributed by atoms with Crippen LogP contribution in [0.5, 0.6) is 0 Å². The summed E-state index contributed by atoms with van der Waals surface area (Å²) in [6.07, 6.45) is 1.29. The molecule has 2 N–H and O–H groups in total. The first-order chi connectivity index (χ1) is 7.72. The van der Waals surface area contributed by atoms with Gasteiger partial charge in [0.25, 0.3) is 5.56 Å². The first-order valence-corrected chi connectivity index (χ1v) is 5.08. The van der Waals surface area contributed by atoms with Gasteiger partial charge in [0, 0.05) is 0 Å². The number of halogens is 1. The van der Waals surface area contributed by atoms with Crippen molar-refractivity contribution in [2.45, 2.75) is 0 Å². The first-order valence-electron chi connectivity index (χ1n) is 4.54. The van der Waals surface area contributed by atoms with E-state index in [4.69, 9.17) is 11.6 Å². The number of anilines is 1. The number of rotatable bonds is 2. The minimum absolute atomic E-state index is 0.139. The van der Waals surface area contributed by atoms with Gasteiger partial charge in [-0.15, -0.1) is 11.6 Å². The fraction of sp³-hybridized carbons (Fsp3) is 0.100. The lowest BCUT2D eigenvalue weighted by Crippen LogP contribution is -2.14. The van der Waals surface area contributed by atoms with Crippen LogP contribution < -0.4 is 10.9 Å². The van der Waals surface area contributed by atoms with Crippen LogP contribution in [0.15, 0.2) is 29.3 Å². The minimum atomic E-state index is -0.337. The summed E-state index contributed by atoms with van der Waals surface area (Å²) < 4.78 is 0. The predicted octanol–water partition coefficient (Wildman–Crippen LogP) is 1.10. The van der Waals surface area contributed by atoms with Crippen molar-refractivity contribution in [3.63, 3.8) is 0 Å². The third-order valence-electron chi connectivity index (χ3n) is 2.07. The van der Waals surface area contributed by atoms with E-state index in [2.05, 4.69) is 15.3 Å². The fourth-order valence-corrected chi connectivity index (χ4v) is 1.45. The molecule has 0 aliphatic rings. The molecule has 0 bridgehead atoms. The number of hydrogen-bond acceptors (Lipinski definition) is 3. The summed E-state index contributed by atoms with van der Waals surface area (Å²) in [5.74, 6) is -0.476. The van der Waals surface area contributed by atoms with Crippen LogP contribution in [-0.2, 0) is 4.79 Å². The van der Waals surface area contributed by atoms with Crippen molar-refractivity contribution >= 4 is 34.1 Å². The molecule has 1 heterocycles. The van der Waals surface area contributed by atoms with Gasteiger partial charge in [-0.05, 0) is 12.1 Å². The zero-order chi connectivity index (χ0) is 11.5. The summed E-state index contributed by atoms with van der Waals surface area (Å²) in [6, 6.07) is 4.97. The monoisotopic (exact) mass is 237 g/mol. The Labute approximate surface area is 95.5 Å². The molecule has 0 saturated carbocycles. The highest BCUT2D eigenvalue weighted by atomic mass is 35.5. The van der Waals surface area contributed by atoms with E-state index < -0.39 is 0 Å². The van der Waals surface area contributed by atoms with Crippen LogP contribution in [0, 0.1) is 0 Å². The van der Waals surface area contributed by atoms with Crippen LogP contribution in [0.1, 0.15) is 0 Å². The molecule has 5 nitrogen and oxygen atoms in total. The number of aromatic nitrogens is 2. The van der Waals surface area contributed by atoms with Crippen LogP contribution >= 0.6 is 11.6 Å². The third kappa shape index (κ3) is 1.90. The summed E-state index contributed by atoms with van der Waals surface area (Å²) in [5, 5.41) is 3.00. The van der Waals surface area contributed by atoms with Crippen LogP contribution in [-0.4, -0.2) is 21.8 Å². The Kier molecular flexibility index (Phi) is 2.87. The molecular formula is C10H8ClN3O2. The number of nitrogens with one attached hydrogen (secondary N) is 2. The number of hydrogen-bond donors (Lipinski definition) is 2. The number of H-pyrrole nitrogens is 1. The highest BCUT2D eigenvalue weighted by Gasteiger charge is 2.07. The molecule has 2 rings (SSSR count). The highest BCUT2D eigenvalue weighted by Crippen LogP contribution is 2.17. The molecule has 2 aromatic rings. The van der Waals surface area contributed by atoms with E-state index in [0.717, 1.165) is 0 Å². The molecule has 16 heavy (non-hydrogen) atoms. The van der Waals surface area contributed by atoms with Gasteiger partial charge in [0.15, 0.2) is 0 Å². The van der Waals surface area contributed by atoms with E-state index in [-0.39, 0.29) is 17.3 Å². The van der Waals surface area contributed by atoms with Gasteiger partial charge >= 0.3 is 0 Å². The smallest absolute Gasteiger partial charge is 0.258 e. The van der Waals surface area contributed by atoms with Crippen LogP contribution in [0.25, 0.3) is 10.9 Å². The van der Waals surface area contributed by atoms with E-state index in [0.29, 0.717) is 16.6 Å². The Morgan fingerprint density at radius 2 is 2.31 bits per heavy atom. The van der Waals surface area contributed by atoms with Gasteiger partial charge in [-0.25, -0.2) is 4.98 Å². The summed E-state index contributed by atoms with van der Waals surface area (Å²) in [5.41, 5.74) is 0.686. The predicted molar refractivity (Wildman–Crippen MR) is 61.7 cm³/mol. The molecule has 1 amide bonds. The van der Waals surface area contributed by atoms with Crippen molar-refractivity contribution in [3.8, 4) is 0 Å². The highest BCUT2D eigenvalue weighted by molar-refractivity contribution is 6.29. The summed E-state index contributed by atoms with van der Waals surface area (Å²) in [4.78, 5) is 29.1. The molecule has 0 aliphatic heterocycles. The maximum absolute atomic E-state index is 11.5. The van der Waals surface area contributed by atoms with Crippen molar-refractivity contribution in [1.29, 1.82) is 0 Å². The van der Waals surface area contributed by atoms with E-state index in [1.165, 1.54) is 6.33 Å². The molecule has 0 atom stereocenters. The van der Waals surface area contributed by atoms with Crippen molar-refractivity contribution in [2.24, 2.45) is 0 Å². The van der Waals surface area contributed by atoms with Gasteiger partial charge in [-0.1, -0.05) is 6.07 Å². The molecule has 1 aromatic heterocycles. The first kappa shape index (κ1) is 10.6. The zero-order valence-electron chi connectivity index (χ0n) is 8.16. The standard InChI is InChI=1S/C10H8ClN3O2/c11-4-8(15)14-7-3-1-2-6-9(7)12-5-13-10(6)16/h1-3,5H,4H2,(H,14,15)(H,12,13,16). The maximum atomic E-state index is 11.5. The van der Waals surface area contributed by atoms with E-state index >= 15 is 0 Å². The molecule has 1 aromatic carbocycles. The fourth-order valence-electron chi connectivity index (χ4n) is 1.38. The largest absolute Gasteiger partial charge is 0.323 e. The van der Waals surface area contributed by atoms with Crippen molar-refractivity contribution in [1.82, 2.24) is 9.97 Å². The number of amides is 1. The number of benzene rings is 1. The second-order valence-electron chi connectivity index (χ2n) is 3.12. The third-order valence-corrected chi connectivity index (χ3v) is 2.31. The molecule has 82 valence electrons. The van der Waals surface area contributed by atoms with Gasteiger partial charge < -0.3 is 10.3 Å². The maximum Gasteiger partial charge on any atom is 0.258 e. The Morgan fingerprint density at radius 3 is 3.06 bits per heavy atom. The second-order valence-corrected chi connectivity index (χ2v) is 3.38. The zero-order valence-corrected chi connectivity index (χ0v) is 8.91. The van der Waals surface area contributed by atoms with Crippen molar-refractivity contribution in [2.75, 3.05) is 11.2 Å². The number of para-hydroxylation sites is 1. The molecule has 0 saturated heterocycles. The molecule has 0 fully saturated rings. The minimum Gasteiger partial charge on any atom is -0.323 e. The number of carbonyl (C=O) groups excluding carboxylic acids is 1. The molecule has 6 heteroatoms. The van der Waals surface area contributed by atoms with E-state index in [1.807, 2.05) is 0 Å². The quantitative estimate of drug-likeness (QED) is 0.768. The van der Waals surface area contributed by atoms with Gasteiger partial charge in [0.05, 0.1) is 17.4 Å². The summed E-state index contributed by atoms with van der Waals surface area (Å²) in [6.45, 7) is 0. The van der Waals surface area contributed by atoms with E-state index in [9.17, 15) is 9.59 Å². The Balaban J connectivity index is 2.58. The molecular weight excluding hydrogens is 230 g/mol. The topological polar surface area (TPSA) is 74.8 Å². The number of fused-ring (bicyclic) bond motifs is 1.